The lowest BCUT2D eigenvalue weighted by molar-refractivity contribution is -0.118. The Labute approximate surface area is 187 Å². The van der Waals surface area contributed by atoms with Gasteiger partial charge in [-0.05, 0) is 44.2 Å². The van der Waals surface area contributed by atoms with Crippen molar-refractivity contribution < 1.29 is 27.4 Å². The zero-order chi connectivity index (χ0) is 23.1. The van der Waals surface area contributed by atoms with Crippen LogP contribution in [0, 0.1) is 11.3 Å². The number of ether oxygens (including phenoxy) is 3. The maximum absolute atomic E-state index is 13.0. The van der Waals surface area contributed by atoms with E-state index in [0.717, 1.165) is 0 Å². The fraction of sp³-hybridized carbons (Fsp3) is 0.364. The number of morpholine rings is 1. The zero-order valence-electron chi connectivity index (χ0n) is 17.9. The van der Waals surface area contributed by atoms with Gasteiger partial charge in [0.1, 0.15) is 17.6 Å². The molecule has 1 heterocycles. The third-order valence-electron chi connectivity index (χ3n) is 4.56. The van der Waals surface area contributed by atoms with Gasteiger partial charge in [0.25, 0.3) is 5.91 Å². The summed E-state index contributed by atoms with van der Waals surface area (Å²) in [6.07, 6.45) is -0.189. The number of hydrogen-bond donors (Lipinski definition) is 1. The highest BCUT2D eigenvalue weighted by atomic mass is 32.2. The van der Waals surface area contributed by atoms with Crippen LogP contribution < -0.4 is 14.8 Å². The highest BCUT2D eigenvalue weighted by Crippen LogP contribution is 2.30. The molecule has 0 spiro atoms. The number of sulfonamides is 1. The smallest absolute Gasteiger partial charge is 0.262 e. The molecule has 2 aromatic carbocycles. The van der Waals surface area contributed by atoms with E-state index in [4.69, 9.17) is 19.5 Å². The number of nitrogens with one attached hydrogen (secondary N) is 1. The first-order valence-corrected chi connectivity index (χ1v) is 11.6. The standard InChI is InChI=1S/C22H25N3O6S/c1-16(2)31-21-8-7-18(32(27,28)25-9-11-29-12-10-25)13-19(21)24-22(26)15-30-20-6-4-3-5-17(20)14-23/h3-8,13,16H,9-12,15H2,1-2H3,(H,24,26). The molecule has 0 unspecified atom stereocenters. The molecule has 1 N–H and O–H groups in total. The lowest BCUT2D eigenvalue weighted by atomic mass is 10.2. The van der Waals surface area contributed by atoms with E-state index in [0.29, 0.717) is 24.5 Å². The van der Waals surface area contributed by atoms with Crippen LogP contribution >= 0.6 is 0 Å². The van der Waals surface area contributed by atoms with Gasteiger partial charge in [-0.15, -0.1) is 0 Å². The van der Waals surface area contributed by atoms with E-state index in [1.165, 1.54) is 22.5 Å². The minimum atomic E-state index is -3.75. The summed E-state index contributed by atoms with van der Waals surface area (Å²) in [6, 6.07) is 12.9. The van der Waals surface area contributed by atoms with Gasteiger partial charge in [0, 0.05) is 13.1 Å². The first-order chi connectivity index (χ1) is 15.3. The summed E-state index contributed by atoms with van der Waals surface area (Å²) in [5, 5.41) is 11.8. The van der Waals surface area contributed by atoms with Gasteiger partial charge in [-0.1, -0.05) is 12.1 Å². The summed E-state index contributed by atoms with van der Waals surface area (Å²) in [6.45, 7) is 4.48. The van der Waals surface area contributed by atoms with Crippen molar-refractivity contribution >= 4 is 21.6 Å². The van der Waals surface area contributed by atoms with Crippen LogP contribution in [0.1, 0.15) is 19.4 Å². The Kier molecular flexibility index (Phi) is 7.69. The maximum atomic E-state index is 13.0. The Morgan fingerprint density at radius 3 is 2.59 bits per heavy atom. The number of para-hydroxylation sites is 1. The predicted molar refractivity (Wildman–Crippen MR) is 117 cm³/mol. The lowest BCUT2D eigenvalue weighted by Gasteiger charge is -2.26. The van der Waals surface area contributed by atoms with Gasteiger partial charge in [-0.2, -0.15) is 9.57 Å². The van der Waals surface area contributed by atoms with Crippen LogP contribution in [0.25, 0.3) is 0 Å². The summed E-state index contributed by atoms with van der Waals surface area (Å²) in [5.74, 6) is 0.103. The molecule has 0 aliphatic carbocycles. The van der Waals surface area contributed by atoms with Crippen LogP contribution in [-0.4, -0.2) is 57.6 Å². The van der Waals surface area contributed by atoms with Crippen LogP contribution in [0.2, 0.25) is 0 Å². The van der Waals surface area contributed by atoms with Crippen molar-refractivity contribution in [3.8, 4) is 17.6 Å². The summed E-state index contributed by atoms with van der Waals surface area (Å²) >= 11 is 0. The molecule has 0 atom stereocenters. The van der Waals surface area contributed by atoms with Crippen molar-refractivity contribution in [2.45, 2.75) is 24.8 Å². The SMILES string of the molecule is CC(C)Oc1ccc(S(=O)(=O)N2CCOCC2)cc1NC(=O)COc1ccccc1C#N. The normalized spacial score (nSPS) is 14.6. The minimum Gasteiger partial charge on any atom is -0.489 e. The van der Waals surface area contributed by atoms with Crippen molar-refractivity contribution in [2.24, 2.45) is 0 Å². The number of rotatable bonds is 8. The minimum absolute atomic E-state index is 0.0431. The first-order valence-electron chi connectivity index (χ1n) is 10.1. The molecule has 0 radical (unpaired) electrons. The van der Waals surface area contributed by atoms with E-state index in [2.05, 4.69) is 5.32 Å². The predicted octanol–water partition coefficient (Wildman–Crippen LogP) is 2.38. The topological polar surface area (TPSA) is 118 Å². The monoisotopic (exact) mass is 459 g/mol. The van der Waals surface area contributed by atoms with Crippen LogP contribution in [0.5, 0.6) is 11.5 Å². The van der Waals surface area contributed by atoms with Crippen molar-refractivity contribution in [1.29, 1.82) is 5.26 Å². The van der Waals surface area contributed by atoms with Crippen molar-refractivity contribution in [2.75, 3.05) is 38.2 Å². The number of nitrogens with zero attached hydrogens (tertiary/aromatic N) is 2. The quantitative estimate of drug-likeness (QED) is 0.644. The first kappa shape index (κ1) is 23.5. The second-order valence-electron chi connectivity index (χ2n) is 7.29. The van der Waals surface area contributed by atoms with Gasteiger partial charge in [-0.25, -0.2) is 8.42 Å². The van der Waals surface area contributed by atoms with Crippen LogP contribution in [0.4, 0.5) is 5.69 Å². The third-order valence-corrected chi connectivity index (χ3v) is 6.46. The average Bonchev–Trinajstić information content (AvgIpc) is 2.79. The number of nitriles is 1. The van der Waals surface area contributed by atoms with Gasteiger partial charge >= 0.3 is 0 Å². The number of carbonyl (C=O) groups is 1. The Balaban J connectivity index is 1.80. The summed E-state index contributed by atoms with van der Waals surface area (Å²) in [4.78, 5) is 12.6. The molecule has 170 valence electrons. The molecule has 0 saturated carbocycles. The number of anilines is 1. The van der Waals surface area contributed by atoms with Gasteiger partial charge in [0.05, 0.1) is 35.5 Å². The van der Waals surface area contributed by atoms with E-state index in [1.54, 1.807) is 24.3 Å². The van der Waals surface area contributed by atoms with Crippen LogP contribution in [-0.2, 0) is 19.6 Å². The molecule has 1 saturated heterocycles. The van der Waals surface area contributed by atoms with E-state index in [9.17, 15) is 13.2 Å². The van der Waals surface area contributed by atoms with E-state index in [-0.39, 0.29) is 42.1 Å². The molecule has 2 aromatic rings. The van der Waals surface area contributed by atoms with Gasteiger partial charge in [0.15, 0.2) is 6.61 Å². The molecule has 32 heavy (non-hydrogen) atoms. The van der Waals surface area contributed by atoms with E-state index in [1.807, 2.05) is 19.9 Å². The van der Waals surface area contributed by atoms with Crippen molar-refractivity contribution in [3.63, 3.8) is 0 Å². The Hall–Kier alpha value is -3.13. The Bertz CT molecular complexity index is 1100. The molecule has 1 aliphatic heterocycles. The van der Waals surface area contributed by atoms with Crippen LogP contribution in [0.15, 0.2) is 47.4 Å². The Morgan fingerprint density at radius 2 is 1.91 bits per heavy atom. The summed E-state index contributed by atoms with van der Waals surface area (Å²) < 4.78 is 43.8. The highest BCUT2D eigenvalue weighted by molar-refractivity contribution is 7.89. The molecule has 0 aromatic heterocycles. The highest BCUT2D eigenvalue weighted by Gasteiger charge is 2.27. The number of amides is 1. The van der Waals surface area contributed by atoms with Crippen LogP contribution in [0.3, 0.4) is 0 Å². The molecular formula is C22H25N3O6S. The van der Waals surface area contributed by atoms with Crippen molar-refractivity contribution in [3.05, 3.63) is 48.0 Å². The molecule has 10 heteroatoms. The second-order valence-corrected chi connectivity index (χ2v) is 9.22. The molecule has 3 rings (SSSR count). The molecule has 9 nitrogen and oxygen atoms in total. The lowest BCUT2D eigenvalue weighted by Crippen LogP contribution is -2.40. The molecule has 1 fully saturated rings. The maximum Gasteiger partial charge on any atom is 0.262 e. The van der Waals surface area contributed by atoms with E-state index < -0.39 is 15.9 Å². The van der Waals surface area contributed by atoms with Gasteiger partial charge < -0.3 is 19.5 Å². The van der Waals surface area contributed by atoms with Gasteiger partial charge in [-0.3, -0.25) is 4.79 Å². The second kappa shape index (κ2) is 10.5. The number of carbonyl (C=O) groups excluding carboxylic acids is 1. The summed E-state index contributed by atoms with van der Waals surface area (Å²) in [7, 11) is -3.75. The number of benzene rings is 2. The largest absolute Gasteiger partial charge is 0.489 e. The molecule has 0 bridgehead atoms. The van der Waals surface area contributed by atoms with E-state index >= 15 is 0 Å². The average molecular weight is 460 g/mol. The Morgan fingerprint density at radius 1 is 1.19 bits per heavy atom. The third kappa shape index (κ3) is 5.76. The zero-order valence-corrected chi connectivity index (χ0v) is 18.7. The fourth-order valence-corrected chi connectivity index (χ4v) is 4.51. The summed E-state index contributed by atoms with van der Waals surface area (Å²) in [5.41, 5.74) is 0.526. The molecule has 1 aliphatic rings. The molecule has 1 amide bonds. The van der Waals surface area contributed by atoms with Crippen molar-refractivity contribution in [1.82, 2.24) is 4.31 Å². The molecular weight excluding hydrogens is 434 g/mol. The van der Waals surface area contributed by atoms with Gasteiger partial charge in [0.2, 0.25) is 10.0 Å². The number of hydrogen-bond acceptors (Lipinski definition) is 7. The fourth-order valence-electron chi connectivity index (χ4n) is 3.07.